The third-order valence-corrected chi connectivity index (χ3v) is 5.58. The highest BCUT2D eigenvalue weighted by Crippen LogP contribution is 2.28. The molecule has 1 saturated heterocycles. The van der Waals surface area contributed by atoms with Gasteiger partial charge in [0.1, 0.15) is 5.76 Å². The van der Waals surface area contributed by atoms with Crippen LogP contribution in [0.3, 0.4) is 0 Å². The van der Waals surface area contributed by atoms with Gasteiger partial charge in [0.05, 0.1) is 11.8 Å². The van der Waals surface area contributed by atoms with E-state index < -0.39 is 5.97 Å². The van der Waals surface area contributed by atoms with Crippen LogP contribution in [-0.2, 0) is 13.0 Å². The number of hydrogen-bond donors (Lipinski definition) is 1. The second kappa shape index (κ2) is 8.80. The van der Waals surface area contributed by atoms with Crippen molar-refractivity contribution in [1.82, 2.24) is 9.88 Å². The first kappa shape index (κ1) is 19.7. The van der Waals surface area contributed by atoms with Gasteiger partial charge >= 0.3 is 5.97 Å². The fourth-order valence-corrected chi connectivity index (χ4v) is 3.93. The molecule has 6 heteroatoms. The van der Waals surface area contributed by atoms with E-state index in [0.717, 1.165) is 60.3 Å². The Labute approximate surface area is 174 Å². The van der Waals surface area contributed by atoms with Crippen molar-refractivity contribution in [3.05, 3.63) is 88.1 Å². The molecule has 2 aromatic carbocycles. The SMILES string of the molecule is O=C(O)c1ccc(CN2CCC[C@H](c3ncc(Cc4ccc(Cl)cc4)o3)C2)cc1. The van der Waals surface area contributed by atoms with Crippen molar-refractivity contribution in [3.8, 4) is 0 Å². The summed E-state index contributed by atoms with van der Waals surface area (Å²) in [6.45, 7) is 2.71. The predicted octanol–water partition coefficient (Wildman–Crippen LogP) is 5.00. The largest absolute Gasteiger partial charge is 0.478 e. The van der Waals surface area contributed by atoms with Crippen LogP contribution in [0.1, 0.15) is 51.9 Å². The lowest BCUT2D eigenvalue weighted by atomic mass is 9.97. The molecule has 0 spiro atoms. The fourth-order valence-electron chi connectivity index (χ4n) is 3.81. The van der Waals surface area contributed by atoms with Gasteiger partial charge in [-0.15, -0.1) is 0 Å². The number of piperidine rings is 1. The smallest absolute Gasteiger partial charge is 0.335 e. The molecular weight excluding hydrogens is 388 g/mol. The van der Waals surface area contributed by atoms with Gasteiger partial charge in [0.2, 0.25) is 0 Å². The Morgan fingerprint density at radius 3 is 2.59 bits per heavy atom. The second-order valence-electron chi connectivity index (χ2n) is 7.54. The van der Waals surface area contributed by atoms with Crippen molar-refractivity contribution in [3.63, 3.8) is 0 Å². The van der Waals surface area contributed by atoms with Gasteiger partial charge in [0.15, 0.2) is 5.89 Å². The number of oxazole rings is 1. The van der Waals surface area contributed by atoms with E-state index in [4.69, 9.17) is 21.1 Å². The predicted molar refractivity (Wildman–Crippen MR) is 111 cm³/mol. The number of rotatable bonds is 6. The number of hydrogen-bond acceptors (Lipinski definition) is 4. The Morgan fingerprint density at radius 2 is 1.86 bits per heavy atom. The Morgan fingerprint density at radius 1 is 1.14 bits per heavy atom. The molecule has 1 fully saturated rings. The molecule has 3 aromatic rings. The van der Waals surface area contributed by atoms with Crippen molar-refractivity contribution >= 4 is 17.6 Å². The molecule has 1 atom stereocenters. The molecule has 0 saturated carbocycles. The third kappa shape index (κ3) is 5.05. The van der Waals surface area contributed by atoms with Crippen LogP contribution in [0.15, 0.2) is 59.1 Å². The lowest BCUT2D eigenvalue weighted by Gasteiger charge is -2.31. The molecule has 5 nitrogen and oxygen atoms in total. The standard InChI is InChI=1S/C23H23ClN2O3/c24-20-9-5-16(6-10-20)12-21-13-25-22(29-21)19-2-1-11-26(15-19)14-17-3-7-18(8-4-17)23(27)28/h3-10,13,19H,1-2,11-12,14-15H2,(H,27,28)/t19-/m0/s1. The lowest BCUT2D eigenvalue weighted by Crippen LogP contribution is -2.34. The van der Waals surface area contributed by atoms with Gasteiger partial charge in [-0.25, -0.2) is 9.78 Å². The topological polar surface area (TPSA) is 66.6 Å². The van der Waals surface area contributed by atoms with Crippen molar-refractivity contribution < 1.29 is 14.3 Å². The quantitative estimate of drug-likeness (QED) is 0.619. The van der Waals surface area contributed by atoms with E-state index in [1.807, 2.05) is 42.6 Å². The number of benzene rings is 2. The molecule has 2 heterocycles. The van der Waals surface area contributed by atoms with E-state index in [0.29, 0.717) is 12.0 Å². The van der Waals surface area contributed by atoms with E-state index in [2.05, 4.69) is 9.88 Å². The van der Waals surface area contributed by atoms with Crippen molar-refractivity contribution in [2.75, 3.05) is 13.1 Å². The number of likely N-dealkylation sites (tertiary alicyclic amines) is 1. The zero-order valence-corrected chi connectivity index (χ0v) is 16.8. The molecule has 1 N–H and O–H groups in total. The van der Waals surface area contributed by atoms with Crippen LogP contribution in [0.25, 0.3) is 0 Å². The average Bonchev–Trinajstić information content (AvgIpc) is 3.19. The molecule has 0 radical (unpaired) electrons. The fraction of sp³-hybridized carbons (Fsp3) is 0.304. The first-order valence-electron chi connectivity index (χ1n) is 9.80. The van der Waals surface area contributed by atoms with Gasteiger partial charge < -0.3 is 9.52 Å². The van der Waals surface area contributed by atoms with Crippen LogP contribution in [0.4, 0.5) is 0 Å². The summed E-state index contributed by atoms with van der Waals surface area (Å²) < 4.78 is 6.06. The molecule has 1 aromatic heterocycles. The van der Waals surface area contributed by atoms with Gasteiger partial charge in [-0.1, -0.05) is 35.9 Å². The second-order valence-corrected chi connectivity index (χ2v) is 7.98. The molecule has 0 amide bonds. The van der Waals surface area contributed by atoms with Crippen LogP contribution in [0, 0.1) is 0 Å². The summed E-state index contributed by atoms with van der Waals surface area (Å²) in [5.41, 5.74) is 2.58. The summed E-state index contributed by atoms with van der Waals surface area (Å²) in [7, 11) is 0. The highest BCUT2D eigenvalue weighted by atomic mass is 35.5. The molecule has 0 bridgehead atoms. The van der Waals surface area contributed by atoms with Crippen LogP contribution in [0.2, 0.25) is 5.02 Å². The van der Waals surface area contributed by atoms with E-state index >= 15 is 0 Å². The molecule has 1 aliphatic heterocycles. The van der Waals surface area contributed by atoms with Crippen LogP contribution in [0.5, 0.6) is 0 Å². The molecular formula is C23H23ClN2O3. The number of nitrogens with zero attached hydrogens (tertiary/aromatic N) is 2. The molecule has 4 rings (SSSR count). The Balaban J connectivity index is 1.37. The van der Waals surface area contributed by atoms with Crippen molar-refractivity contribution in [2.24, 2.45) is 0 Å². The van der Waals surface area contributed by atoms with Crippen LogP contribution >= 0.6 is 11.6 Å². The highest BCUT2D eigenvalue weighted by Gasteiger charge is 2.25. The highest BCUT2D eigenvalue weighted by molar-refractivity contribution is 6.30. The minimum absolute atomic E-state index is 0.279. The van der Waals surface area contributed by atoms with Crippen molar-refractivity contribution in [2.45, 2.75) is 31.7 Å². The maximum Gasteiger partial charge on any atom is 0.335 e. The van der Waals surface area contributed by atoms with Gasteiger partial charge in [0.25, 0.3) is 0 Å². The normalized spacial score (nSPS) is 17.3. The van der Waals surface area contributed by atoms with E-state index in [1.54, 1.807) is 12.1 Å². The number of carboxylic acid groups (broad SMARTS) is 1. The van der Waals surface area contributed by atoms with Crippen LogP contribution < -0.4 is 0 Å². The minimum Gasteiger partial charge on any atom is -0.478 e. The third-order valence-electron chi connectivity index (χ3n) is 5.32. The minimum atomic E-state index is -0.895. The van der Waals surface area contributed by atoms with Gasteiger partial charge in [-0.2, -0.15) is 0 Å². The summed E-state index contributed by atoms with van der Waals surface area (Å²) in [5, 5.41) is 9.76. The van der Waals surface area contributed by atoms with Crippen LogP contribution in [-0.4, -0.2) is 34.0 Å². The molecule has 1 aliphatic rings. The number of carboxylic acids is 1. The summed E-state index contributed by atoms with van der Waals surface area (Å²) >= 11 is 5.95. The molecule has 150 valence electrons. The Hall–Kier alpha value is -2.63. The average molecular weight is 411 g/mol. The Bertz CT molecular complexity index is 967. The van der Waals surface area contributed by atoms with Gasteiger partial charge in [0, 0.05) is 30.5 Å². The number of aromatic carboxylic acids is 1. The van der Waals surface area contributed by atoms with Gasteiger partial charge in [-0.3, -0.25) is 4.90 Å². The molecule has 0 aliphatic carbocycles. The zero-order valence-electron chi connectivity index (χ0n) is 16.1. The van der Waals surface area contributed by atoms with E-state index in [-0.39, 0.29) is 5.92 Å². The zero-order chi connectivity index (χ0) is 20.2. The summed E-state index contributed by atoms with van der Waals surface area (Å²) in [4.78, 5) is 17.9. The van der Waals surface area contributed by atoms with E-state index in [9.17, 15) is 4.79 Å². The lowest BCUT2D eigenvalue weighted by molar-refractivity contribution is 0.0697. The van der Waals surface area contributed by atoms with Crippen molar-refractivity contribution in [1.29, 1.82) is 0 Å². The summed E-state index contributed by atoms with van der Waals surface area (Å²) in [5.74, 6) is 1.05. The van der Waals surface area contributed by atoms with Gasteiger partial charge in [-0.05, 0) is 54.8 Å². The summed E-state index contributed by atoms with van der Waals surface area (Å²) in [6, 6.07) is 14.9. The van der Waals surface area contributed by atoms with E-state index in [1.165, 1.54) is 0 Å². The first-order chi connectivity index (χ1) is 14.1. The number of carbonyl (C=O) groups is 1. The molecule has 29 heavy (non-hydrogen) atoms. The first-order valence-corrected chi connectivity index (χ1v) is 10.2. The maximum absolute atomic E-state index is 11.0. The molecule has 0 unspecified atom stereocenters. The summed E-state index contributed by atoms with van der Waals surface area (Å²) in [6.07, 6.45) is 4.69. The Kier molecular flexibility index (Phi) is 5.97. The monoisotopic (exact) mass is 410 g/mol. The number of aromatic nitrogens is 1. The maximum atomic E-state index is 11.0. The number of halogens is 1.